The summed E-state index contributed by atoms with van der Waals surface area (Å²) in [6.07, 6.45) is 0. The van der Waals surface area contributed by atoms with Crippen LogP contribution < -0.4 is 5.09 Å². The van der Waals surface area contributed by atoms with Gasteiger partial charge in [0.15, 0.2) is 0 Å². The third-order valence-corrected chi connectivity index (χ3v) is 4.13. The lowest BCUT2D eigenvalue weighted by Gasteiger charge is -2.29. The second-order valence-corrected chi connectivity index (χ2v) is 6.34. The van der Waals surface area contributed by atoms with Gasteiger partial charge in [-0.2, -0.15) is 0 Å². The number of hydrogen-bond donors (Lipinski definition) is 1. The van der Waals surface area contributed by atoms with Gasteiger partial charge in [0.05, 0.1) is 13.2 Å². The first-order valence-electron chi connectivity index (χ1n) is 6.16. The molecule has 0 fully saturated rings. The van der Waals surface area contributed by atoms with E-state index in [1.807, 2.05) is 27.9 Å². The van der Waals surface area contributed by atoms with E-state index in [4.69, 9.17) is 9.05 Å². The molecule has 0 aromatic carbocycles. The predicted molar refractivity (Wildman–Crippen MR) is 71.2 cm³/mol. The third-order valence-electron chi connectivity index (χ3n) is 2.29. The molecule has 6 heteroatoms. The van der Waals surface area contributed by atoms with Gasteiger partial charge in [0, 0.05) is 12.6 Å². The van der Waals surface area contributed by atoms with Crippen LogP contribution in [-0.4, -0.2) is 44.8 Å². The highest BCUT2D eigenvalue weighted by atomic mass is 31.2. The lowest BCUT2D eigenvalue weighted by Crippen LogP contribution is -2.41. The first kappa shape index (κ1) is 17.1. The first-order valence-corrected chi connectivity index (χ1v) is 7.70. The van der Waals surface area contributed by atoms with Crippen LogP contribution in [0.4, 0.5) is 0 Å². The summed E-state index contributed by atoms with van der Waals surface area (Å²) in [6.45, 7) is 9.33. The maximum absolute atomic E-state index is 12.3. The third kappa shape index (κ3) is 7.17. The maximum Gasteiger partial charge on any atom is 0.405 e. The van der Waals surface area contributed by atoms with Gasteiger partial charge in [-0.05, 0) is 33.9 Å². The van der Waals surface area contributed by atoms with Crippen molar-refractivity contribution in [2.75, 3.05) is 33.9 Å². The summed E-state index contributed by atoms with van der Waals surface area (Å²) in [6, 6.07) is 0.0777. The molecule has 0 aromatic heterocycles. The molecule has 5 nitrogen and oxygen atoms in total. The van der Waals surface area contributed by atoms with Gasteiger partial charge in [0.2, 0.25) is 0 Å². The van der Waals surface area contributed by atoms with Gasteiger partial charge in [0.25, 0.3) is 0 Å². The van der Waals surface area contributed by atoms with Crippen LogP contribution in [0, 0.1) is 5.92 Å². The highest BCUT2D eigenvalue weighted by Gasteiger charge is 2.29. The molecular weight excluding hydrogens is 239 g/mol. The Labute approximate surface area is 105 Å². The van der Waals surface area contributed by atoms with Crippen molar-refractivity contribution in [3.63, 3.8) is 0 Å². The van der Waals surface area contributed by atoms with Crippen LogP contribution in [0.3, 0.4) is 0 Å². The highest BCUT2D eigenvalue weighted by molar-refractivity contribution is 7.51. The summed E-state index contributed by atoms with van der Waals surface area (Å²) in [5, 5.41) is 3.03. The number of nitrogens with zero attached hydrogens (tertiary/aromatic N) is 1. The number of likely N-dealkylation sites (N-methyl/N-ethyl adjacent to an activating group) is 1. The Morgan fingerprint density at radius 1 is 1.18 bits per heavy atom. The van der Waals surface area contributed by atoms with Crippen LogP contribution in [0.5, 0.6) is 0 Å². The molecule has 0 saturated carbocycles. The molecule has 1 atom stereocenters. The molecule has 0 saturated heterocycles. The van der Waals surface area contributed by atoms with Crippen molar-refractivity contribution in [3.05, 3.63) is 0 Å². The van der Waals surface area contributed by atoms with Crippen molar-refractivity contribution in [2.24, 2.45) is 5.92 Å². The monoisotopic (exact) mass is 266 g/mol. The lowest BCUT2D eigenvalue weighted by molar-refractivity contribution is 0.196. The molecular formula is C11H27N2O3P. The Morgan fingerprint density at radius 2 is 1.65 bits per heavy atom. The zero-order chi connectivity index (χ0) is 13.5. The zero-order valence-electron chi connectivity index (χ0n) is 11.9. The SMILES string of the molecule is CCOP(=O)(N[C@H](CN(C)C)C(C)C)OCC. The normalized spacial score (nSPS) is 14.6. The van der Waals surface area contributed by atoms with Crippen LogP contribution in [-0.2, 0) is 13.6 Å². The van der Waals surface area contributed by atoms with Crippen LogP contribution in [0.15, 0.2) is 0 Å². The van der Waals surface area contributed by atoms with Gasteiger partial charge in [-0.25, -0.2) is 9.65 Å². The molecule has 0 unspecified atom stereocenters. The van der Waals surface area contributed by atoms with Gasteiger partial charge >= 0.3 is 7.75 Å². The summed E-state index contributed by atoms with van der Waals surface area (Å²) >= 11 is 0. The number of nitrogens with one attached hydrogen (secondary N) is 1. The Bertz CT molecular complexity index is 237. The second kappa shape index (κ2) is 8.22. The first-order chi connectivity index (χ1) is 7.84. The summed E-state index contributed by atoms with van der Waals surface area (Å²) in [7, 11) is 0.817. The smallest absolute Gasteiger partial charge is 0.308 e. The fourth-order valence-electron chi connectivity index (χ4n) is 1.45. The molecule has 0 rings (SSSR count). The van der Waals surface area contributed by atoms with E-state index >= 15 is 0 Å². The van der Waals surface area contributed by atoms with Gasteiger partial charge in [-0.1, -0.05) is 13.8 Å². The Hall–Kier alpha value is 0.0700. The minimum Gasteiger partial charge on any atom is -0.308 e. The Kier molecular flexibility index (Phi) is 8.25. The quantitative estimate of drug-likeness (QED) is 0.649. The van der Waals surface area contributed by atoms with Gasteiger partial charge in [-0.15, -0.1) is 0 Å². The molecule has 0 radical (unpaired) electrons. The average Bonchev–Trinajstić information content (AvgIpc) is 2.16. The van der Waals surface area contributed by atoms with E-state index in [0.717, 1.165) is 6.54 Å². The Morgan fingerprint density at radius 3 is 1.94 bits per heavy atom. The summed E-state index contributed by atoms with van der Waals surface area (Å²) in [4.78, 5) is 2.06. The zero-order valence-corrected chi connectivity index (χ0v) is 12.8. The van der Waals surface area contributed by atoms with Crippen molar-refractivity contribution in [1.29, 1.82) is 0 Å². The van der Waals surface area contributed by atoms with E-state index in [9.17, 15) is 4.57 Å². The van der Waals surface area contributed by atoms with Crippen molar-refractivity contribution in [3.8, 4) is 0 Å². The van der Waals surface area contributed by atoms with Crippen LogP contribution in [0.25, 0.3) is 0 Å². The van der Waals surface area contributed by atoms with E-state index in [1.165, 1.54) is 0 Å². The topological polar surface area (TPSA) is 50.8 Å². The van der Waals surface area contributed by atoms with Crippen molar-refractivity contribution in [1.82, 2.24) is 9.99 Å². The van der Waals surface area contributed by atoms with E-state index in [0.29, 0.717) is 19.1 Å². The molecule has 0 aliphatic heterocycles. The molecule has 17 heavy (non-hydrogen) atoms. The summed E-state index contributed by atoms with van der Waals surface area (Å²) < 4.78 is 22.8. The fourth-order valence-corrected chi connectivity index (χ4v) is 3.14. The summed E-state index contributed by atoms with van der Waals surface area (Å²) in [5.74, 6) is 0.353. The maximum atomic E-state index is 12.3. The van der Waals surface area contributed by atoms with Crippen molar-refractivity contribution >= 4 is 7.75 Å². The van der Waals surface area contributed by atoms with E-state index in [2.05, 4.69) is 23.8 Å². The minimum atomic E-state index is -3.16. The molecule has 0 bridgehead atoms. The van der Waals surface area contributed by atoms with Crippen LogP contribution >= 0.6 is 7.75 Å². The minimum absolute atomic E-state index is 0.0777. The molecule has 104 valence electrons. The largest absolute Gasteiger partial charge is 0.405 e. The number of rotatable bonds is 9. The standard InChI is InChI=1S/C11H27N2O3P/c1-7-15-17(14,16-8-2)12-11(10(3)4)9-13(5)6/h10-11H,7-9H2,1-6H3,(H,12,14)/t11-/m1/s1. The molecule has 0 heterocycles. The summed E-state index contributed by atoms with van der Waals surface area (Å²) in [5.41, 5.74) is 0. The molecule has 1 N–H and O–H groups in total. The van der Waals surface area contributed by atoms with Crippen LogP contribution in [0.1, 0.15) is 27.7 Å². The molecule has 0 aromatic rings. The predicted octanol–water partition coefficient (Wildman–Crippen LogP) is 2.34. The van der Waals surface area contributed by atoms with E-state index in [-0.39, 0.29) is 6.04 Å². The van der Waals surface area contributed by atoms with Crippen LogP contribution in [0.2, 0.25) is 0 Å². The van der Waals surface area contributed by atoms with Gasteiger partial charge in [0.1, 0.15) is 0 Å². The average molecular weight is 266 g/mol. The molecule has 0 aliphatic carbocycles. The van der Waals surface area contributed by atoms with Gasteiger partial charge < -0.3 is 4.90 Å². The molecule has 0 amide bonds. The van der Waals surface area contributed by atoms with E-state index < -0.39 is 7.75 Å². The molecule has 0 aliphatic rings. The fraction of sp³-hybridized carbons (Fsp3) is 1.00. The van der Waals surface area contributed by atoms with E-state index in [1.54, 1.807) is 0 Å². The van der Waals surface area contributed by atoms with Gasteiger partial charge in [-0.3, -0.25) is 9.05 Å². The molecule has 0 spiro atoms. The Balaban J connectivity index is 4.61. The van der Waals surface area contributed by atoms with Crippen molar-refractivity contribution < 1.29 is 13.6 Å². The lowest BCUT2D eigenvalue weighted by atomic mass is 10.1. The highest BCUT2D eigenvalue weighted by Crippen LogP contribution is 2.44. The van der Waals surface area contributed by atoms with Crippen molar-refractivity contribution in [2.45, 2.75) is 33.7 Å². The number of hydrogen-bond acceptors (Lipinski definition) is 4. The second-order valence-electron chi connectivity index (χ2n) is 4.57.